The Morgan fingerprint density at radius 3 is 2.62 bits per heavy atom. The Kier molecular flexibility index (Phi) is 2.16. The quantitative estimate of drug-likeness (QED) is 0.769. The van der Waals surface area contributed by atoms with Crippen molar-refractivity contribution in [1.82, 2.24) is 5.32 Å². The molecule has 4 rings (SSSR count). The minimum atomic E-state index is 0.914. The van der Waals surface area contributed by atoms with E-state index in [4.69, 9.17) is 0 Å². The first kappa shape index (κ1) is 9.94. The van der Waals surface area contributed by atoms with Crippen molar-refractivity contribution in [2.24, 2.45) is 35.5 Å². The van der Waals surface area contributed by atoms with Gasteiger partial charge < -0.3 is 5.32 Å². The van der Waals surface area contributed by atoms with Crippen LogP contribution in [0.3, 0.4) is 0 Å². The third-order valence-electron chi connectivity index (χ3n) is 6.35. The highest BCUT2D eigenvalue weighted by Crippen LogP contribution is 2.58. The molecule has 4 saturated carbocycles. The van der Waals surface area contributed by atoms with E-state index in [9.17, 15) is 0 Å². The highest BCUT2D eigenvalue weighted by atomic mass is 15.0. The maximum atomic E-state index is 3.92. The first-order chi connectivity index (χ1) is 7.83. The molecule has 0 aromatic rings. The van der Waals surface area contributed by atoms with Crippen LogP contribution in [0.1, 0.15) is 45.4 Å². The van der Waals surface area contributed by atoms with Crippen LogP contribution < -0.4 is 5.32 Å². The molecule has 0 spiro atoms. The molecule has 7 unspecified atom stereocenters. The summed E-state index contributed by atoms with van der Waals surface area (Å²) < 4.78 is 0. The maximum Gasteiger partial charge on any atom is 0.0101 e. The molecule has 1 N–H and O–H groups in total. The number of rotatable bonds is 3. The molecule has 2 bridgehead atoms. The van der Waals surface area contributed by atoms with Gasteiger partial charge in [-0.05, 0) is 74.2 Å². The molecule has 7 atom stereocenters. The molecule has 0 heterocycles. The van der Waals surface area contributed by atoms with Crippen LogP contribution in [0, 0.1) is 35.5 Å². The topological polar surface area (TPSA) is 12.0 Å². The highest BCUT2D eigenvalue weighted by molar-refractivity contribution is 5.05. The molecule has 0 aromatic carbocycles. The minimum Gasteiger partial charge on any atom is -0.313 e. The molecule has 16 heavy (non-hydrogen) atoms. The Hall–Kier alpha value is -0.0400. The second-order valence-electron chi connectivity index (χ2n) is 7.14. The number of hydrogen-bond acceptors (Lipinski definition) is 1. The smallest absolute Gasteiger partial charge is 0.0101 e. The Bertz CT molecular complexity index is 287. The van der Waals surface area contributed by atoms with Gasteiger partial charge in [-0.1, -0.05) is 13.3 Å². The van der Waals surface area contributed by atoms with E-state index < -0.39 is 0 Å². The molecule has 1 nitrogen and oxygen atoms in total. The van der Waals surface area contributed by atoms with Crippen molar-refractivity contribution in [3.05, 3.63) is 0 Å². The van der Waals surface area contributed by atoms with E-state index in [-0.39, 0.29) is 0 Å². The van der Waals surface area contributed by atoms with Crippen molar-refractivity contribution in [2.45, 2.75) is 51.5 Å². The molecule has 1 heteroatoms. The molecule has 0 amide bonds. The minimum absolute atomic E-state index is 0.914. The molecule has 0 saturated heterocycles. The summed E-state index contributed by atoms with van der Waals surface area (Å²) >= 11 is 0. The first-order valence-corrected chi connectivity index (χ1v) is 7.56. The molecule has 4 aliphatic rings. The van der Waals surface area contributed by atoms with E-state index in [2.05, 4.69) is 12.2 Å². The van der Waals surface area contributed by atoms with Gasteiger partial charge in [0.15, 0.2) is 0 Å². The summed E-state index contributed by atoms with van der Waals surface area (Å²) in [5.74, 6) is 6.53. The normalized spacial score (nSPS) is 57.9. The largest absolute Gasteiger partial charge is 0.313 e. The molecule has 0 radical (unpaired) electrons. The van der Waals surface area contributed by atoms with Crippen LogP contribution in [-0.4, -0.2) is 12.6 Å². The SMILES string of the molecule is CC1CC1CNC1CC2CC1C1CCCC21. The second kappa shape index (κ2) is 3.48. The van der Waals surface area contributed by atoms with Gasteiger partial charge in [-0.3, -0.25) is 0 Å². The third kappa shape index (κ3) is 1.40. The van der Waals surface area contributed by atoms with Crippen molar-refractivity contribution >= 4 is 0 Å². The summed E-state index contributed by atoms with van der Waals surface area (Å²) in [4.78, 5) is 0. The molecule has 4 aliphatic carbocycles. The predicted molar refractivity (Wildman–Crippen MR) is 66.1 cm³/mol. The van der Waals surface area contributed by atoms with E-state index in [0.717, 1.165) is 41.5 Å². The van der Waals surface area contributed by atoms with Gasteiger partial charge in [0.2, 0.25) is 0 Å². The Labute approximate surface area is 99.4 Å². The fraction of sp³-hybridized carbons (Fsp3) is 1.00. The number of hydrogen-bond donors (Lipinski definition) is 1. The molecule has 90 valence electrons. The van der Waals surface area contributed by atoms with Crippen molar-refractivity contribution in [1.29, 1.82) is 0 Å². The zero-order valence-electron chi connectivity index (χ0n) is 10.5. The maximum absolute atomic E-state index is 3.92. The lowest BCUT2D eigenvalue weighted by Gasteiger charge is -2.32. The first-order valence-electron chi connectivity index (χ1n) is 7.56. The number of fused-ring (bicyclic) bond motifs is 5. The predicted octanol–water partition coefficient (Wildman–Crippen LogP) is 3.06. The van der Waals surface area contributed by atoms with Crippen LogP contribution in [0.25, 0.3) is 0 Å². The molecule has 0 aliphatic heterocycles. The van der Waals surface area contributed by atoms with Gasteiger partial charge in [0, 0.05) is 6.04 Å². The Morgan fingerprint density at radius 2 is 1.81 bits per heavy atom. The van der Waals surface area contributed by atoms with Crippen molar-refractivity contribution < 1.29 is 0 Å². The van der Waals surface area contributed by atoms with Gasteiger partial charge in [-0.25, -0.2) is 0 Å². The van der Waals surface area contributed by atoms with E-state index in [1.54, 1.807) is 19.3 Å². The lowest BCUT2D eigenvalue weighted by atomic mass is 9.79. The van der Waals surface area contributed by atoms with Crippen LogP contribution >= 0.6 is 0 Å². The van der Waals surface area contributed by atoms with Crippen LogP contribution in [0.15, 0.2) is 0 Å². The fourth-order valence-electron chi connectivity index (χ4n) is 5.29. The number of nitrogens with one attached hydrogen (secondary N) is 1. The van der Waals surface area contributed by atoms with Gasteiger partial charge in [0.05, 0.1) is 0 Å². The van der Waals surface area contributed by atoms with Crippen molar-refractivity contribution in [2.75, 3.05) is 6.54 Å². The van der Waals surface area contributed by atoms with E-state index in [0.29, 0.717) is 0 Å². The van der Waals surface area contributed by atoms with Gasteiger partial charge in [0.1, 0.15) is 0 Å². The van der Waals surface area contributed by atoms with Crippen molar-refractivity contribution in [3.8, 4) is 0 Å². The standard InChI is InChI=1S/C15H25N/c1-9-5-11(9)8-16-15-7-10-6-14(15)13-4-2-3-12(10)13/h9-16H,2-8H2,1H3. The summed E-state index contributed by atoms with van der Waals surface area (Å²) in [6.45, 7) is 3.73. The lowest BCUT2D eigenvalue weighted by Crippen LogP contribution is -2.40. The molecule has 0 aromatic heterocycles. The van der Waals surface area contributed by atoms with E-state index >= 15 is 0 Å². The molecular weight excluding hydrogens is 194 g/mol. The van der Waals surface area contributed by atoms with Crippen molar-refractivity contribution in [3.63, 3.8) is 0 Å². The van der Waals surface area contributed by atoms with Crippen LogP contribution in [0.2, 0.25) is 0 Å². The third-order valence-corrected chi connectivity index (χ3v) is 6.35. The van der Waals surface area contributed by atoms with Crippen LogP contribution in [0.5, 0.6) is 0 Å². The zero-order chi connectivity index (χ0) is 10.7. The van der Waals surface area contributed by atoms with Gasteiger partial charge in [0.25, 0.3) is 0 Å². The van der Waals surface area contributed by atoms with E-state index in [1.165, 1.54) is 25.8 Å². The second-order valence-corrected chi connectivity index (χ2v) is 7.14. The highest BCUT2D eigenvalue weighted by Gasteiger charge is 2.53. The van der Waals surface area contributed by atoms with Gasteiger partial charge >= 0.3 is 0 Å². The fourth-order valence-corrected chi connectivity index (χ4v) is 5.29. The Morgan fingerprint density at radius 1 is 1.00 bits per heavy atom. The zero-order valence-corrected chi connectivity index (χ0v) is 10.5. The summed E-state index contributed by atoms with van der Waals surface area (Å²) in [6, 6.07) is 0.914. The average molecular weight is 219 g/mol. The van der Waals surface area contributed by atoms with Crippen LogP contribution in [-0.2, 0) is 0 Å². The summed E-state index contributed by atoms with van der Waals surface area (Å²) in [5.41, 5.74) is 0. The lowest BCUT2D eigenvalue weighted by molar-refractivity contribution is 0.207. The monoisotopic (exact) mass is 219 g/mol. The summed E-state index contributed by atoms with van der Waals surface area (Å²) in [7, 11) is 0. The van der Waals surface area contributed by atoms with Crippen LogP contribution in [0.4, 0.5) is 0 Å². The molecule has 4 fully saturated rings. The Balaban J connectivity index is 1.37. The van der Waals surface area contributed by atoms with Gasteiger partial charge in [-0.15, -0.1) is 0 Å². The summed E-state index contributed by atoms with van der Waals surface area (Å²) in [5, 5.41) is 3.92. The van der Waals surface area contributed by atoms with Gasteiger partial charge in [-0.2, -0.15) is 0 Å². The average Bonchev–Trinajstić information content (AvgIpc) is 2.77. The van der Waals surface area contributed by atoms with E-state index in [1.807, 2.05) is 0 Å². The molecular formula is C15H25N. The summed E-state index contributed by atoms with van der Waals surface area (Å²) in [6.07, 6.45) is 9.25.